The molecule has 0 spiro atoms. The van der Waals surface area contributed by atoms with Crippen LogP contribution in [0, 0.1) is 0 Å². The first-order valence-corrected chi connectivity index (χ1v) is 9.99. The summed E-state index contributed by atoms with van der Waals surface area (Å²) >= 11 is 3.20. The summed E-state index contributed by atoms with van der Waals surface area (Å²) in [7, 11) is -3.96. The van der Waals surface area contributed by atoms with Gasteiger partial charge in [-0.3, -0.25) is 4.98 Å². The third-order valence-electron chi connectivity index (χ3n) is 2.89. The van der Waals surface area contributed by atoms with E-state index in [0.29, 0.717) is 20.2 Å². The number of aromatic nitrogens is 3. The predicted octanol–water partition coefficient (Wildman–Crippen LogP) is 2.58. The molecule has 0 unspecified atom stereocenters. The minimum absolute atomic E-state index is 0.000394. The van der Waals surface area contributed by atoms with Crippen molar-refractivity contribution in [2.75, 3.05) is 16.3 Å². The lowest BCUT2D eigenvalue weighted by atomic mass is 10.2. The summed E-state index contributed by atoms with van der Waals surface area (Å²) in [5.74, 6) is 0.135. The molecule has 2 rings (SSSR count). The molecule has 2 heterocycles. The number of anilines is 2. The number of carbonyl (C=O) groups is 1. The van der Waals surface area contributed by atoms with Crippen molar-refractivity contribution in [3.63, 3.8) is 0 Å². The first-order valence-electron chi connectivity index (χ1n) is 7.35. The van der Waals surface area contributed by atoms with Gasteiger partial charge in [0.05, 0.1) is 24.3 Å². The number of nitrogens with two attached hydrogens (primary N) is 1. The fraction of sp³-hybridized carbons (Fsp3) is 0.333. The Morgan fingerprint density at radius 2 is 1.92 bits per heavy atom. The second-order valence-corrected chi connectivity index (χ2v) is 9.01. The van der Waals surface area contributed by atoms with Gasteiger partial charge < -0.3 is 10.5 Å². The second kappa shape index (κ2) is 7.16. The van der Waals surface area contributed by atoms with E-state index in [1.54, 1.807) is 20.8 Å². The average Bonchev–Trinajstić information content (AvgIpc) is 2.46. The third kappa shape index (κ3) is 4.88. The van der Waals surface area contributed by atoms with Gasteiger partial charge in [-0.1, -0.05) is 0 Å². The van der Waals surface area contributed by atoms with Gasteiger partial charge in [0, 0.05) is 11.8 Å². The van der Waals surface area contributed by atoms with Crippen LogP contribution in [-0.2, 0) is 14.8 Å². The highest BCUT2D eigenvalue weighted by Crippen LogP contribution is 2.28. The highest BCUT2D eigenvalue weighted by atomic mass is 79.9. The van der Waals surface area contributed by atoms with E-state index in [-0.39, 0.29) is 11.5 Å². The summed E-state index contributed by atoms with van der Waals surface area (Å²) in [5, 5.41) is 0. The Kier molecular flexibility index (Phi) is 5.52. The van der Waals surface area contributed by atoms with Crippen LogP contribution in [0.15, 0.2) is 29.3 Å². The van der Waals surface area contributed by atoms with Gasteiger partial charge in [-0.25, -0.2) is 23.2 Å². The van der Waals surface area contributed by atoms with Crippen LogP contribution in [0.4, 0.5) is 16.3 Å². The lowest BCUT2D eigenvalue weighted by Gasteiger charge is -2.25. The Morgan fingerprint density at radius 3 is 2.50 bits per heavy atom. The number of carbonyl (C=O) groups excluding carboxylic acids is 1. The van der Waals surface area contributed by atoms with Gasteiger partial charge in [-0.2, -0.15) is 4.31 Å². The number of amides is 1. The van der Waals surface area contributed by atoms with Crippen molar-refractivity contribution in [2.24, 2.45) is 0 Å². The first kappa shape index (κ1) is 20.0. The molecule has 2 aromatic rings. The van der Waals surface area contributed by atoms with Crippen LogP contribution >= 0.6 is 15.9 Å². The number of hydrogen-bond acceptors (Lipinski definition) is 8. The lowest BCUT2D eigenvalue weighted by Crippen LogP contribution is -2.40. The van der Waals surface area contributed by atoms with Crippen LogP contribution in [0.1, 0.15) is 20.8 Å². The maximum Gasteiger partial charge on any atom is 0.428 e. The standard InChI is InChI=1S/C15H18BrN5O4S/c1-15(2,3)25-14(22)21(26(4,23)24)10-5-9(6-18-7-10)12-13(17)19-8-11(16)20-12/h5-8H,1-4H3,(H2,17,19). The summed E-state index contributed by atoms with van der Waals surface area (Å²) in [5.41, 5.74) is 5.65. The average molecular weight is 444 g/mol. The first-order chi connectivity index (χ1) is 11.9. The van der Waals surface area contributed by atoms with Crippen molar-refractivity contribution in [3.8, 4) is 11.3 Å². The Morgan fingerprint density at radius 1 is 1.27 bits per heavy atom. The quantitative estimate of drug-likeness (QED) is 0.765. The number of nitrogen functional groups attached to an aromatic ring is 1. The number of halogens is 1. The molecular formula is C15H18BrN5O4S. The topological polar surface area (TPSA) is 128 Å². The van der Waals surface area contributed by atoms with E-state index in [0.717, 1.165) is 6.26 Å². The van der Waals surface area contributed by atoms with Crippen molar-refractivity contribution in [1.82, 2.24) is 15.0 Å². The van der Waals surface area contributed by atoms with E-state index < -0.39 is 21.7 Å². The van der Waals surface area contributed by atoms with E-state index in [9.17, 15) is 13.2 Å². The molecule has 2 N–H and O–H groups in total. The zero-order valence-corrected chi connectivity index (χ0v) is 17.0. The Hall–Kier alpha value is -2.27. The summed E-state index contributed by atoms with van der Waals surface area (Å²) in [4.78, 5) is 24.6. The van der Waals surface area contributed by atoms with E-state index in [4.69, 9.17) is 10.5 Å². The van der Waals surface area contributed by atoms with Gasteiger partial charge in [0.1, 0.15) is 21.7 Å². The number of ether oxygens (including phenoxy) is 1. The SMILES string of the molecule is CC(C)(C)OC(=O)N(c1cncc(-c2nc(Br)cnc2N)c1)S(C)(=O)=O. The lowest BCUT2D eigenvalue weighted by molar-refractivity contribution is 0.0609. The van der Waals surface area contributed by atoms with Crippen LogP contribution in [0.25, 0.3) is 11.3 Å². The van der Waals surface area contributed by atoms with Gasteiger partial charge in [-0.15, -0.1) is 0 Å². The molecule has 0 radical (unpaired) electrons. The van der Waals surface area contributed by atoms with E-state index in [2.05, 4.69) is 30.9 Å². The van der Waals surface area contributed by atoms with Crippen molar-refractivity contribution >= 4 is 43.6 Å². The molecule has 0 atom stereocenters. The Labute approximate surface area is 159 Å². The van der Waals surface area contributed by atoms with Crippen molar-refractivity contribution < 1.29 is 17.9 Å². The largest absolute Gasteiger partial charge is 0.443 e. The summed E-state index contributed by atoms with van der Waals surface area (Å²) in [6, 6.07) is 1.42. The zero-order valence-electron chi connectivity index (χ0n) is 14.6. The van der Waals surface area contributed by atoms with E-state index in [1.165, 1.54) is 24.7 Å². The number of nitrogens with zero attached hydrogens (tertiary/aromatic N) is 4. The maximum absolute atomic E-state index is 12.4. The fourth-order valence-corrected chi connectivity index (χ4v) is 3.06. The minimum Gasteiger partial charge on any atom is -0.443 e. The van der Waals surface area contributed by atoms with Gasteiger partial charge in [-0.05, 0) is 42.8 Å². The van der Waals surface area contributed by atoms with Crippen molar-refractivity contribution in [2.45, 2.75) is 26.4 Å². The fourth-order valence-electron chi connectivity index (χ4n) is 1.99. The minimum atomic E-state index is -3.96. The summed E-state index contributed by atoms with van der Waals surface area (Å²) in [6.07, 6.45) is 3.96. The second-order valence-electron chi connectivity index (χ2n) is 6.37. The van der Waals surface area contributed by atoms with Crippen LogP contribution in [0.3, 0.4) is 0 Å². The summed E-state index contributed by atoms with van der Waals surface area (Å²) < 4.78 is 30.5. The monoisotopic (exact) mass is 443 g/mol. The third-order valence-corrected chi connectivity index (χ3v) is 4.30. The Bertz CT molecular complexity index is 943. The smallest absolute Gasteiger partial charge is 0.428 e. The number of rotatable bonds is 3. The van der Waals surface area contributed by atoms with Crippen molar-refractivity contribution in [1.29, 1.82) is 0 Å². The molecule has 26 heavy (non-hydrogen) atoms. The van der Waals surface area contributed by atoms with E-state index >= 15 is 0 Å². The molecule has 9 nitrogen and oxygen atoms in total. The van der Waals surface area contributed by atoms with Crippen LogP contribution in [0.2, 0.25) is 0 Å². The van der Waals surface area contributed by atoms with Gasteiger partial charge in [0.15, 0.2) is 0 Å². The van der Waals surface area contributed by atoms with Gasteiger partial charge in [0.25, 0.3) is 0 Å². The number of sulfonamides is 1. The van der Waals surface area contributed by atoms with Crippen LogP contribution in [0.5, 0.6) is 0 Å². The highest BCUT2D eigenvalue weighted by Gasteiger charge is 2.31. The normalized spacial score (nSPS) is 11.9. The molecule has 0 aliphatic heterocycles. The Balaban J connectivity index is 2.54. The molecule has 0 aliphatic carbocycles. The zero-order chi connectivity index (χ0) is 19.7. The van der Waals surface area contributed by atoms with Gasteiger partial charge in [0.2, 0.25) is 10.0 Å². The highest BCUT2D eigenvalue weighted by molar-refractivity contribution is 9.10. The van der Waals surface area contributed by atoms with Gasteiger partial charge >= 0.3 is 6.09 Å². The molecular weight excluding hydrogens is 426 g/mol. The van der Waals surface area contributed by atoms with Crippen molar-refractivity contribution in [3.05, 3.63) is 29.3 Å². The van der Waals surface area contributed by atoms with E-state index in [1.807, 2.05) is 0 Å². The molecule has 0 fully saturated rings. The molecule has 1 amide bonds. The molecule has 0 bridgehead atoms. The van der Waals surface area contributed by atoms with Crippen LogP contribution < -0.4 is 10.0 Å². The number of pyridine rings is 1. The number of hydrogen-bond donors (Lipinski definition) is 1. The molecule has 0 aromatic carbocycles. The molecule has 0 aliphatic rings. The molecule has 11 heteroatoms. The maximum atomic E-state index is 12.4. The summed E-state index contributed by atoms with van der Waals surface area (Å²) in [6.45, 7) is 4.91. The molecule has 0 saturated carbocycles. The molecule has 0 saturated heterocycles. The van der Waals surface area contributed by atoms with Crippen LogP contribution in [-0.4, -0.2) is 41.3 Å². The molecule has 2 aromatic heterocycles. The molecule has 140 valence electrons. The predicted molar refractivity (Wildman–Crippen MR) is 101 cm³/mol.